The minimum atomic E-state index is -2.90. The molecule has 15 heavy (non-hydrogen) atoms. The Labute approximate surface area is 93.6 Å². The van der Waals surface area contributed by atoms with Gasteiger partial charge in [0.05, 0.1) is 11.0 Å². The summed E-state index contributed by atoms with van der Waals surface area (Å²) in [5.74, 6) is 0.607. The highest BCUT2D eigenvalue weighted by atomic mass is 32.2. The van der Waals surface area contributed by atoms with E-state index in [0.717, 1.165) is 6.42 Å². The van der Waals surface area contributed by atoms with E-state index in [1.807, 2.05) is 20.8 Å². The maximum Gasteiger partial charge on any atom is 0.154 e. The fraction of sp³-hybridized carbons (Fsp3) is 1.00. The second kappa shape index (κ2) is 5.30. The molecule has 1 rings (SSSR count). The molecule has 0 amide bonds. The van der Waals surface area contributed by atoms with E-state index >= 15 is 0 Å². The maximum absolute atomic E-state index is 11.9. The van der Waals surface area contributed by atoms with Crippen molar-refractivity contribution in [2.24, 2.45) is 5.92 Å². The second-order valence-electron chi connectivity index (χ2n) is 4.84. The molecule has 0 aromatic rings. The normalized spacial score (nSPS) is 21.3. The zero-order valence-electron chi connectivity index (χ0n) is 9.99. The van der Waals surface area contributed by atoms with Crippen molar-refractivity contribution >= 4 is 9.84 Å². The van der Waals surface area contributed by atoms with Crippen LogP contribution in [0.2, 0.25) is 0 Å². The van der Waals surface area contributed by atoms with Gasteiger partial charge in [-0.15, -0.1) is 0 Å². The van der Waals surface area contributed by atoms with Gasteiger partial charge < -0.3 is 5.32 Å². The lowest BCUT2D eigenvalue weighted by Gasteiger charge is -2.16. The summed E-state index contributed by atoms with van der Waals surface area (Å²) in [4.78, 5) is 0. The summed E-state index contributed by atoms with van der Waals surface area (Å²) in [6.07, 6.45) is 3.35. The summed E-state index contributed by atoms with van der Waals surface area (Å²) in [7, 11) is -2.90. The van der Waals surface area contributed by atoms with Gasteiger partial charge in [-0.2, -0.15) is 0 Å². The van der Waals surface area contributed by atoms with Gasteiger partial charge in [0.1, 0.15) is 0 Å². The molecule has 3 nitrogen and oxygen atoms in total. The number of hydrogen-bond donors (Lipinski definition) is 1. The van der Waals surface area contributed by atoms with Crippen LogP contribution in [0.15, 0.2) is 0 Å². The molecule has 0 aromatic heterocycles. The van der Waals surface area contributed by atoms with E-state index in [1.54, 1.807) is 0 Å². The van der Waals surface area contributed by atoms with Gasteiger partial charge in [-0.25, -0.2) is 8.42 Å². The van der Waals surface area contributed by atoms with Crippen LogP contribution >= 0.6 is 0 Å². The fourth-order valence-corrected chi connectivity index (χ4v) is 3.13. The molecule has 90 valence electrons. The van der Waals surface area contributed by atoms with Crippen LogP contribution in [-0.4, -0.2) is 32.0 Å². The average molecular weight is 233 g/mol. The third-order valence-corrected chi connectivity index (χ3v) is 5.52. The van der Waals surface area contributed by atoms with Gasteiger partial charge in [0.2, 0.25) is 0 Å². The molecule has 1 fully saturated rings. The van der Waals surface area contributed by atoms with Gasteiger partial charge in [-0.05, 0) is 25.7 Å². The third kappa shape index (κ3) is 4.51. The number of sulfone groups is 1. The molecule has 2 unspecified atom stereocenters. The monoisotopic (exact) mass is 233 g/mol. The van der Waals surface area contributed by atoms with Crippen molar-refractivity contribution < 1.29 is 8.42 Å². The van der Waals surface area contributed by atoms with Gasteiger partial charge in [0.25, 0.3) is 0 Å². The van der Waals surface area contributed by atoms with E-state index in [4.69, 9.17) is 0 Å². The molecule has 1 aliphatic rings. The Morgan fingerprint density at radius 1 is 1.33 bits per heavy atom. The van der Waals surface area contributed by atoms with Crippen LogP contribution in [0.4, 0.5) is 0 Å². The Morgan fingerprint density at radius 3 is 2.40 bits per heavy atom. The molecule has 0 saturated heterocycles. The molecule has 0 aliphatic heterocycles. The summed E-state index contributed by atoms with van der Waals surface area (Å²) < 4.78 is 23.8. The second-order valence-corrected chi connectivity index (χ2v) is 7.30. The molecule has 0 radical (unpaired) electrons. The van der Waals surface area contributed by atoms with Gasteiger partial charge in [0.15, 0.2) is 9.84 Å². The first kappa shape index (κ1) is 13.0. The highest BCUT2D eigenvalue weighted by Crippen LogP contribution is 2.19. The first-order valence-electron chi connectivity index (χ1n) is 5.90. The highest BCUT2D eigenvalue weighted by Gasteiger charge is 2.26. The van der Waals surface area contributed by atoms with Crippen LogP contribution in [-0.2, 0) is 9.84 Å². The Hall–Kier alpha value is -0.0900. The van der Waals surface area contributed by atoms with Crippen molar-refractivity contribution in [1.82, 2.24) is 5.32 Å². The largest absolute Gasteiger partial charge is 0.313 e. The van der Waals surface area contributed by atoms with E-state index < -0.39 is 9.84 Å². The Kier molecular flexibility index (Phi) is 4.59. The minimum Gasteiger partial charge on any atom is -0.313 e. The molecule has 0 aromatic carbocycles. The Bertz CT molecular complexity index is 283. The molecule has 1 N–H and O–H groups in total. The van der Waals surface area contributed by atoms with E-state index in [0.29, 0.717) is 18.3 Å². The molecule has 0 bridgehead atoms. The van der Waals surface area contributed by atoms with Crippen molar-refractivity contribution in [2.45, 2.75) is 51.3 Å². The standard InChI is InChI=1S/C11H23NO2S/c1-4-9(2)8-15(13,14)10(3)7-12-11-5-6-11/h9-12H,4-8H2,1-3H3. The van der Waals surface area contributed by atoms with Crippen LogP contribution in [0.25, 0.3) is 0 Å². The predicted molar refractivity (Wildman–Crippen MR) is 63.7 cm³/mol. The average Bonchev–Trinajstić information content (AvgIpc) is 2.96. The van der Waals surface area contributed by atoms with E-state index in [2.05, 4.69) is 5.32 Å². The molecular formula is C11H23NO2S. The maximum atomic E-state index is 11.9. The summed E-state index contributed by atoms with van der Waals surface area (Å²) in [6, 6.07) is 0.589. The molecular weight excluding hydrogens is 210 g/mol. The van der Waals surface area contributed by atoms with Crippen LogP contribution in [0, 0.1) is 5.92 Å². The predicted octanol–water partition coefficient (Wildman–Crippen LogP) is 1.59. The SMILES string of the molecule is CCC(C)CS(=O)(=O)C(C)CNC1CC1. The molecule has 4 heteroatoms. The molecule has 1 saturated carbocycles. The number of nitrogens with one attached hydrogen (secondary N) is 1. The van der Waals surface area contributed by atoms with Gasteiger partial charge in [0, 0.05) is 12.6 Å². The van der Waals surface area contributed by atoms with Crippen molar-refractivity contribution in [3.8, 4) is 0 Å². The van der Waals surface area contributed by atoms with Crippen molar-refractivity contribution in [1.29, 1.82) is 0 Å². The van der Waals surface area contributed by atoms with Crippen molar-refractivity contribution in [2.75, 3.05) is 12.3 Å². The van der Waals surface area contributed by atoms with Crippen molar-refractivity contribution in [3.63, 3.8) is 0 Å². The summed E-state index contributed by atoms with van der Waals surface area (Å²) >= 11 is 0. The van der Waals surface area contributed by atoms with Gasteiger partial charge >= 0.3 is 0 Å². The molecule has 2 atom stereocenters. The van der Waals surface area contributed by atoms with Crippen LogP contribution in [0.3, 0.4) is 0 Å². The highest BCUT2D eigenvalue weighted by molar-refractivity contribution is 7.92. The Balaban J connectivity index is 2.36. The lowest BCUT2D eigenvalue weighted by Crippen LogP contribution is -2.34. The van der Waals surface area contributed by atoms with Gasteiger partial charge in [-0.1, -0.05) is 20.3 Å². The molecule has 0 heterocycles. The lowest BCUT2D eigenvalue weighted by molar-refractivity contribution is 0.546. The van der Waals surface area contributed by atoms with Crippen LogP contribution < -0.4 is 5.32 Å². The van der Waals surface area contributed by atoms with E-state index in [-0.39, 0.29) is 11.2 Å². The first-order valence-corrected chi connectivity index (χ1v) is 7.62. The van der Waals surface area contributed by atoms with Gasteiger partial charge in [-0.3, -0.25) is 0 Å². The lowest BCUT2D eigenvalue weighted by atomic mass is 10.2. The van der Waals surface area contributed by atoms with E-state index in [9.17, 15) is 8.42 Å². The number of hydrogen-bond acceptors (Lipinski definition) is 3. The molecule has 0 spiro atoms. The minimum absolute atomic E-state index is 0.243. The topological polar surface area (TPSA) is 46.2 Å². The zero-order chi connectivity index (χ0) is 11.5. The smallest absolute Gasteiger partial charge is 0.154 e. The quantitative estimate of drug-likeness (QED) is 0.726. The zero-order valence-corrected chi connectivity index (χ0v) is 10.8. The third-order valence-electron chi connectivity index (χ3n) is 3.10. The molecule has 1 aliphatic carbocycles. The van der Waals surface area contributed by atoms with Crippen LogP contribution in [0.5, 0.6) is 0 Å². The first-order chi connectivity index (χ1) is 6.95. The summed E-state index contributed by atoms with van der Waals surface area (Å²) in [6.45, 7) is 6.46. The number of rotatable bonds is 7. The fourth-order valence-electron chi connectivity index (χ4n) is 1.43. The van der Waals surface area contributed by atoms with E-state index in [1.165, 1.54) is 12.8 Å². The van der Waals surface area contributed by atoms with Crippen LogP contribution in [0.1, 0.15) is 40.0 Å². The summed E-state index contributed by atoms with van der Waals surface area (Å²) in [5, 5.41) is 3.03. The van der Waals surface area contributed by atoms with Crippen molar-refractivity contribution in [3.05, 3.63) is 0 Å². The summed E-state index contributed by atoms with van der Waals surface area (Å²) in [5.41, 5.74) is 0. The Morgan fingerprint density at radius 2 is 1.93 bits per heavy atom.